The monoisotopic (exact) mass is 665 g/mol. The van der Waals surface area contributed by atoms with E-state index in [1.54, 1.807) is 0 Å². The van der Waals surface area contributed by atoms with E-state index in [9.17, 15) is 0 Å². The number of aromatic nitrogens is 3. The Bertz CT molecular complexity index is 2210. The van der Waals surface area contributed by atoms with Crippen LogP contribution < -0.4 is 5.19 Å². The molecule has 0 saturated carbocycles. The first-order chi connectivity index (χ1) is 24.0. The van der Waals surface area contributed by atoms with E-state index in [1.165, 1.54) is 33.0 Å². The lowest BCUT2D eigenvalue weighted by Gasteiger charge is -2.25. The van der Waals surface area contributed by atoms with Crippen molar-refractivity contribution in [2.24, 2.45) is 0 Å². The Balaban J connectivity index is 1.26. The van der Waals surface area contributed by atoms with Crippen LogP contribution in [0.3, 0.4) is 0 Å². The van der Waals surface area contributed by atoms with Crippen LogP contribution in [0.2, 0.25) is 19.6 Å². The highest BCUT2D eigenvalue weighted by atomic mass is 28.3. The molecule has 4 heteroatoms. The molecule has 0 radical (unpaired) electrons. The molecule has 0 aliphatic carbocycles. The summed E-state index contributed by atoms with van der Waals surface area (Å²) in [5.74, 6) is 1.97. The van der Waals surface area contributed by atoms with Gasteiger partial charge in [-0.25, -0.2) is 15.0 Å². The molecular formula is C46H43N3Si. The van der Waals surface area contributed by atoms with Crippen molar-refractivity contribution in [2.45, 2.75) is 45.8 Å². The minimum absolute atomic E-state index is 0.0174. The van der Waals surface area contributed by atoms with Gasteiger partial charge in [-0.2, -0.15) is 0 Å². The average molecular weight is 666 g/mol. The molecule has 0 fully saturated rings. The van der Waals surface area contributed by atoms with Gasteiger partial charge in [-0.1, -0.05) is 185 Å². The van der Waals surface area contributed by atoms with E-state index < -0.39 is 8.07 Å². The fourth-order valence-electron chi connectivity index (χ4n) is 6.40. The quantitative estimate of drug-likeness (QED) is 0.159. The predicted octanol–water partition coefficient (Wildman–Crippen LogP) is 11.7. The van der Waals surface area contributed by atoms with Crippen LogP contribution in [0.4, 0.5) is 0 Å². The first-order valence-corrected chi connectivity index (χ1v) is 20.9. The highest BCUT2D eigenvalue weighted by Gasteiger charge is 2.21. The first kappa shape index (κ1) is 33.1. The maximum atomic E-state index is 4.96. The summed E-state index contributed by atoms with van der Waals surface area (Å²) >= 11 is 0. The Morgan fingerprint density at radius 2 is 0.780 bits per heavy atom. The molecule has 7 aromatic rings. The minimum Gasteiger partial charge on any atom is -0.208 e. The van der Waals surface area contributed by atoms with E-state index in [1.807, 2.05) is 60.7 Å². The number of nitrogens with zero attached hydrogens (tertiary/aromatic N) is 3. The van der Waals surface area contributed by atoms with Gasteiger partial charge in [0.05, 0.1) is 8.07 Å². The fourth-order valence-corrected chi connectivity index (χ4v) is 7.57. The Labute approximate surface area is 297 Å². The zero-order valence-corrected chi connectivity index (χ0v) is 30.8. The van der Waals surface area contributed by atoms with Crippen LogP contribution in [-0.4, -0.2) is 23.0 Å². The van der Waals surface area contributed by atoms with Crippen molar-refractivity contribution in [1.29, 1.82) is 0 Å². The molecular weight excluding hydrogens is 623 g/mol. The van der Waals surface area contributed by atoms with Crippen LogP contribution in [0.15, 0.2) is 152 Å². The van der Waals surface area contributed by atoms with Crippen molar-refractivity contribution in [1.82, 2.24) is 15.0 Å². The molecule has 0 unspecified atom stereocenters. The third-order valence-electron chi connectivity index (χ3n) is 9.24. The molecule has 0 aliphatic rings. The van der Waals surface area contributed by atoms with Crippen LogP contribution in [-0.2, 0) is 5.41 Å². The summed E-state index contributed by atoms with van der Waals surface area (Å²) in [5, 5.41) is 1.49. The van der Waals surface area contributed by atoms with Crippen molar-refractivity contribution in [3.05, 3.63) is 157 Å². The zero-order chi connectivity index (χ0) is 34.9. The highest BCUT2D eigenvalue weighted by molar-refractivity contribution is 6.88. The second-order valence-corrected chi connectivity index (χ2v) is 20.1. The molecule has 0 bridgehead atoms. The van der Waals surface area contributed by atoms with Gasteiger partial charge in [0, 0.05) is 16.7 Å². The fraction of sp³-hybridized carbons (Fsp3) is 0.152. The average Bonchev–Trinajstić information content (AvgIpc) is 3.14. The molecule has 0 spiro atoms. The molecule has 0 N–H and O–H groups in total. The standard InChI is InChI=1S/C46H43N3Si/c1-46(2,3)42-31-38(25-28-41(42)32-23-26-40(27-24-32)50(4,5)6)36-20-13-19-35(29-36)37-21-14-22-39(30-37)45-48-43(33-15-9-7-10-16-33)47-44(49-45)34-17-11-8-12-18-34/h7-31H,1-6H3. The Kier molecular flexibility index (Phi) is 8.90. The number of hydrogen-bond donors (Lipinski definition) is 0. The van der Waals surface area contributed by atoms with E-state index in [4.69, 9.17) is 15.0 Å². The Hall–Kier alpha value is -5.45. The van der Waals surface area contributed by atoms with Gasteiger partial charge in [-0.05, 0) is 56.5 Å². The Morgan fingerprint density at radius 3 is 1.26 bits per heavy atom. The molecule has 7 rings (SSSR count). The van der Waals surface area contributed by atoms with E-state index in [2.05, 4.69) is 131 Å². The van der Waals surface area contributed by atoms with Gasteiger partial charge in [0.15, 0.2) is 17.5 Å². The van der Waals surface area contributed by atoms with Crippen molar-refractivity contribution in [3.8, 4) is 67.5 Å². The third kappa shape index (κ3) is 7.12. The summed E-state index contributed by atoms with van der Waals surface area (Å²) in [5.41, 5.74) is 11.4. The molecule has 0 aliphatic heterocycles. The molecule has 0 amide bonds. The van der Waals surface area contributed by atoms with Gasteiger partial charge in [0.1, 0.15) is 0 Å². The summed E-state index contributed by atoms with van der Waals surface area (Å²) in [6.45, 7) is 14.1. The van der Waals surface area contributed by atoms with Crippen LogP contribution in [0.5, 0.6) is 0 Å². The number of hydrogen-bond acceptors (Lipinski definition) is 3. The largest absolute Gasteiger partial charge is 0.208 e. The molecule has 3 nitrogen and oxygen atoms in total. The van der Waals surface area contributed by atoms with Gasteiger partial charge in [0.2, 0.25) is 0 Å². The van der Waals surface area contributed by atoms with Crippen molar-refractivity contribution < 1.29 is 0 Å². The van der Waals surface area contributed by atoms with Gasteiger partial charge in [0.25, 0.3) is 0 Å². The second-order valence-electron chi connectivity index (χ2n) is 15.0. The summed E-state index contributed by atoms with van der Waals surface area (Å²) in [4.78, 5) is 14.8. The number of benzene rings is 6. The highest BCUT2D eigenvalue weighted by Crippen LogP contribution is 2.37. The predicted molar refractivity (Wildman–Crippen MR) is 214 cm³/mol. The van der Waals surface area contributed by atoms with E-state index in [0.29, 0.717) is 17.5 Å². The van der Waals surface area contributed by atoms with E-state index in [0.717, 1.165) is 27.8 Å². The maximum absolute atomic E-state index is 4.96. The lowest BCUT2D eigenvalue weighted by molar-refractivity contribution is 0.592. The molecule has 246 valence electrons. The molecule has 6 aromatic carbocycles. The molecule has 1 aromatic heterocycles. The normalized spacial score (nSPS) is 11.8. The van der Waals surface area contributed by atoms with Crippen molar-refractivity contribution in [3.63, 3.8) is 0 Å². The lowest BCUT2D eigenvalue weighted by atomic mass is 9.80. The SMILES string of the molecule is CC(C)(C)c1cc(-c2cccc(-c3cccc(-c4nc(-c5ccccc5)nc(-c5ccccc5)n4)c3)c2)ccc1-c1ccc([Si](C)(C)C)cc1. The lowest BCUT2D eigenvalue weighted by Crippen LogP contribution is -2.37. The smallest absolute Gasteiger partial charge is 0.164 e. The second kappa shape index (κ2) is 13.5. The first-order valence-electron chi connectivity index (χ1n) is 17.4. The van der Waals surface area contributed by atoms with Crippen LogP contribution >= 0.6 is 0 Å². The van der Waals surface area contributed by atoms with Crippen LogP contribution in [0, 0.1) is 0 Å². The zero-order valence-electron chi connectivity index (χ0n) is 29.8. The van der Waals surface area contributed by atoms with E-state index >= 15 is 0 Å². The summed E-state index contributed by atoms with van der Waals surface area (Å²) < 4.78 is 0. The van der Waals surface area contributed by atoms with Crippen molar-refractivity contribution in [2.75, 3.05) is 0 Å². The maximum Gasteiger partial charge on any atom is 0.164 e. The third-order valence-corrected chi connectivity index (χ3v) is 11.3. The van der Waals surface area contributed by atoms with Crippen LogP contribution in [0.1, 0.15) is 26.3 Å². The summed E-state index contributed by atoms with van der Waals surface area (Å²) in [6, 6.07) is 53.8. The van der Waals surface area contributed by atoms with Crippen LogP contribution in [0.25, 0.3) is 67.5 Å². The van der Waals surface area contributed by atoms with Gasteiger partial charge in [-0.3, -0.25) is 0 Å². The van der Waals surface area contributed by atoms with E-state index in [-0.39, 0.29) is 5.41 Å². The topological polar surface area (TPSA) is 38.7 Å². The molecule has 0 saturated heterocycles. The minimum atomic E-state index is -1.36. The summed E-state index contributed by atoms with van der Waals surface area (Å²) in [7, 11) is -1.36. The van der Waals surface area contributed by atoms with Gasteiger partial charge < -0.3 is 0 Å². The van der Waals surface area contributed by atoms with Gasteiger partial charge >= 0.3 is 0 Å². The molecule has 50 heavy (non-hydrogen) atoms. The number of rotatable bonds is 7. The van der Waals surface area contributed by atoms with Crippen molar-refractivity contribution >= 4 is 13.3 Å². The summed E-state index contributed by atoms with van der Waals surface area (Å²) in [6.07, 6.45) is 0. The van der Waals surface area contributed by atoms with Gasteiger partial charge in [-0.15, -0.1) is 0 Å². The molecule has 1 heterocycles. The Morgan fingerprint density at radius 1 is 0.380 bits per heavy atom. The molecule has 0 atom stereocenters.